The zero-order valence-corrected chi connectivity index (χ0v) is 15.1. The van der Waals surface area contributed by atoms with Gasteiger partial charge < -0.3 is 9.64 Å². The molecular weight excluding hydrogens is 371 g/mol. The van der Waals surface area contributed by atoms with Crippen LogP contribution in [0.5, 0.6) is 5.75 Å². The van der Waals surface area contributed by atoms with E-state index in [9.17, 15) is 26.4 Å². The van der Waals surface area contributed by atoms with Crippen LogP contribution in [0, 0.1) is 0 Å². The fourth-order valence-electron chi connectivity index (χ4n) is 3.14. The third kappa shape index (κ3) is 3.72. The molecule has 0 saturated carbocycles. The van der Waals surface area contributed by atoms with Gasteiger partial charge in [0.15, 0.2) is 15.6 Å². The second kappa shape index (κ2) is 6.00. The van der Waals surface area contributed by atoms with Crippen molar-refractivity contribution in [2.45, 2.75) is 43.4 Å². The van der Waals surface area contributed by atoms with Gasteiger partial charge in [0, 0.05) is 18.5 Å². The number of hydrogen-bond donors (Lipinski definition) is 0. The third-order valence-corrected chi connectivity index (χ3v) is 5.84. The first-order valence-corrected chi connectivity index (χ1v) is 9.69. The lowest BCUT2D eigenvalue weighted by Gasteiger charge is -2.34. The predicted molar refractivity (Wildman–Crippen MR) is 88.2 cm³/mol. The molecular formula is C17H18F3NO4S. The highest BCUT2D eigenvalue weighted by Crippen LogP contribution is 2.40. The first-order chi connectivity index (χ1) is 11.9. The number of likely N-dealkylation sites (tertiary alicyclic amines) is 1. The van der Waals surface area contributed by atoms with Crippen molar-refractivity contribution in [3.05, 3.63) is 29.8 Å². The topological polar surface area (TPSA) is 63.7 Å². The van der Waals surface area contributed by atoms with Gasteiger partial charge in [-0.2, -0.15) is 13.2 Å². The maximum absolute atomic E-state index is 12.6. The Kier molecular flexibility index (Phi) is 4.33. The molecule has 2 aliphatic rings. The zero-order chi connectivity index (χ0) is 19.3. The lowest BCUT2D eigenvalue weighted by molar-refractivity contribution is -0.125. The summed E-state index contributed by atoms with van der Waals surface area (Å²) in [6, 6.07) is 3.60. The highest BCUT2D eigenvalue weighted by atomic mass is 32.2. The number of fused-ring (bicyclic) bond motifs is 1. The molecule has 3 rings (SSSR count). The van der Waals surface area contributed by atoms with Crippen LogP contribution in [-0.4, -0.2) is 43.3 Å². The average Bonchev–Trinajstić information content (AvgIpc) is 2.88. The van der Waals surface area contributed by atoms with Crippen molar-refractivity contribution in [1.82, 2.24) is 4.90 Å². The van der Waals surface area contributed by atoms with Crippen molar-refractivity contribution in [3.8, 4) is 5.75 Å². The second-order valence-corrected chi connectivity index (χ2v) is 8.91. The number of alkyl halides is 3. The summed E-state index contributed by atoms with van der Waals surface area (Å²) in [7, 11) is -4.55. The van der Waals surface area contributed by atoms with Gasteiger partial charge in [-0.25, -0.2) is 8.42 Å². The minimum atomic E-state index is -4.84. The molecule has 1 fully saturated rings. The molecule has 1 aromatic carbocycles. The van der Waals surface area contributed by atoms with E-state index >= 15 is 0 Å². The minimum Gasteiger partial charge on any atom is -0.483 e. The monoisotopic (exact) mass is 389 g/mol. The number of rotatable bonds is 3. The summed E-state index contributed by atoms with van der Waals surface area (Å²) < 4.78 is 67.7. The molecule has 1 amide bonds. The van der Waals surface area contributed by atoms with Crippen molar-refractivity contribution >= 4 is 21.4 Å². The Bertz CT molecular complexity index is 888. The number of benzene rings is 1. The Labute approximate surface area is 149 Å². The maximum atomic E-state index is 12.6. The molecule has 0 radical (unpaired) electrons. The molecule has 142 valence electrons. The van der Waals surface area contributed by atoms with Crippen LogP contribution in [0.3, 0.4) is 0 Å². The highest BCUT2D eigenvalue weighted by molar-refractivity contribution is 7.91. The van der Waals surface area contributed by atoms with Gasteiger partial charge in [-0.15, -0.1) is 0 Å². The third-order valence-electron chi connectivity index (χ3n) is 4.16. The fraction of sp³-hybridized carbons (Fsp3) is 0.471. The largest absolute Gasteiger partial charge is 0.483 e. The van der Waals surface area contributed by atoms with E-state index in [0.29, 0.717) is 36.4 Å². The average molecular weight is 389 g/mol. The van der Waals surface area contributed by atoms with Gasteiger partial charge in [0.25, 0.3) is 0 Å². The molecule has 0 N–H and O–H groups in total. The van der Waals surface area contributed by atoms with Gasteiger partial charge in [0.2, 0.25) is 5.91 Å². The Morgan fingerprint density at radius 2 is 1.96 bits per heavy atom. The summed E-state index contributed by atoms with van der Waals surface area (Å²) in [5.74, 6) is -1.71. The van der Waals surface area contributed by atoms with E-state index in [4.69, 9.17) is 4.74 Å². The second-order valence-electron chi connectivity index (χ2n) is 6.92. The molecule has 1 aromatic rings. The van der Waals surface area contributed by atoms with Crippen molar-refractivity contribution in [2.24, 2.45) is 0 Å². The molecule has 0 bridgehead atoms. The van der Waals surface area contributed by atoms with Gasteiger partial charge in [-0.05, 0) is 44.5 Å². The number of sulfone groups is 1. The summed E-state index contributed by atoms with van der Waals surface area (Å²) >= 11 is 0. The molecule has 0 atom stereocenters. The van der Waals surface area contributed by atoms with Crippen molar-refractivity contribution in [3.63, 3.8) is 0 Å². The summed E-state index contributed by atoms with van der Waals surface area (Å²) in [4.78, 5) is 13.2. The molecule has 9 heteroatoms. The SMILES string of the molecule is CC1(C)C=C(N2CCCC2=O)c2cc(S(=O)(=O)CC(F)(F)F)ccc2O1. The summed E-state index contributed by atoms with van der Waals surface area (Å²) in [6.07, 6.45) is -2.10. The van der Waals surface area contributed by atoms with Crippen LogP contribution in [-0.2, 0) is 14.6 Å². The predicted octanol–water partition coefficient (Wildman–Crippen LogP) is 3.16. The number of ether oxygens (including phenoxy) is 1. The van der Waals surface area contributed by atoms with Crippen LogP contribution in [0.15, 0.2) is 29.2 Å². The van der Waals surface area contributed by atoms with E-state index in [1.165, 1.54) is 11.0 Å². The highest BCUT2D eigenvalue weighted by Gasteiger charge is 2.38. The molecule has 2 heterocycles. The number of hydrogen-bond acceptors (Lipinski definition) is 4. The van der Waals surface area contributed by atoms with Gasteiger partial charge >= 0.3 is 6.18 Å². The van der Waals surface area contributed by atoms with Crippen LogP contribution in [0.2, 0.25) is 0 Å². The number of nitrogens with zero attached hydrogens (tertiary/aromatic N) is 1. The van der Waals surface area contributed by atoms with Crippen LogP contribution in [0.1, 0.15) is 32.3 Å². The molecule has 0 aliphatic carbocycles. The minimum absolute atomic E-state index is 0.108. The van der Waals surface area contributed by atoms with Crippen molar-refractivity contribution < 1.29 is 31.1 Å². The van der Waals surface area contributed by atoms with Gasteiger partial charge in [0.05, 0.1) is 10.6 Å². The van der Waals surface area contributed by atoms with E-state index in [1.807, 2.05) is 0 Å². The molecule has 5 nitrogen and oxygen atoms in total. The lowest BCUT2D eigenvalue weighted by Crippen LogP contribution is -2.34. The molecule has 0 aromatic heterocycles. The Morgan fingerprint density at radius 1 is 1.27 bits per heavy atom. The van der Waals surface area contributed by atoms with E-state index in [0.717, 1.165) is 12.1 Å². The van der Waals surface area contributed by atoms with Crippen LogP contribution >= 0.6 is 0 Å². The first kappa shape index (κ1) is 18.8. The molecule has 0 spiro atoms. The number of carbonyl (C=O) groups excluding carboxylic acids is 1. The molecule has 26 heavy (non-hydrogen) atoms. The van der Waals surface area contributed by atoms with Crippen LogP contribution in [0.25, 0.3) is 5.70 Å². The Hall–Kier alpha value is -2.03. The van der Waals surface area contributed by atoms with E-state index in [2.05, 4.69) is 0 Å². The summed E-state index contributed by atoms with van der Waals surface area (Å²) in [5.41, 5.74) is 0.0445. The smallest absolute Gasteiger partial charge is 0.403 e. The summed E-state index contributed by atoms with van der Waals surface area (Å²) in [6.45, 7) is 4.04. The summed E-state index contributed by atoms with van der Waals surface area (Å²) in [5, 5.41) is 0. The van der Waals surface area contributed by atoms with E-state index in [-0.39, 0.29) is 5.91 Å². The first-order valence-electron chi connectivity index (χ1n) is 8.04. The van der Waals surface area contributed by atoms with Gasteiger partial charge in [0.1, 0.15) is 11.4 Å². The Balaban J connectivity index is 2.09. The van der Waals surface area contributed by atoms with Gasteiger partial charge in [-0.3, -0.25) is 4.79 Å². The number of halogens is 3. The van der Waals surface area contributed by atoms with Crippen molar-refractivity contribution in [2.75, 3.05) is 12.3 Å². The molecule has 2 aliphatic heterocycles. The van der Waals surface area contributed by atoms with Crippen molar-refractivity contribution in [1.29, 1.82) is 0 Å². The van der Waals surface area contributed by atoms with E-state index in [1.54, 1.807) is 19.9 Å². The maximum Gasteiger partial charge on any atom is 0.403 e. The van der Waals surface area contributed by atoms with Gasteiger partial charge in [-0.1, -0.05) is 0 Å². The number of amides is 1. The Morgan fingerprint density at radius 3 is 2.54 bits per heavy atom. The van der Waals surface area contributed by atoms with Crippen LogP contribution in [0.4, 0.5) is 13.2 Å². The fourth-order valence-corrected chi connectivity index (χ4v) is 4.31. The van der Waals surface area contributed by atoms with Crippen LogP contribution < -0.4 is 4.74 Å². The molecule has 0 unspecified atom stereocenters. The lowest BCUT2D eigenvalue weighted by atomic mass is 9.98. The number of carbonyl (C=O) groups is 1. The van der Waals surface area contributed by atoms with E-state index < -0.39 is 32.3 Å². The standard InChI is InChI=1S/C17H18F3NO4S/c1-16(2)9-13(21-7-3-4-15(21)22)12-8-11(5-6-14(12)25-16)26(23,24)10-17(18,19)20/h5-6,8-9H,3-4,7,10H2,1-2H3. The normalized spacial score (nSPS) is 19.8. The zero-order valence-electron chi connectivity index (χ0n) is 14.3. The quantitative estimate of drug-likeness (QED) is 0.797. The molecule has 1 saturated heterocycles.